The van der Waals surface area contributed by atoms with Crippen molar-refractivity contribution < 1.29 is 14.7 Å². The van der Waals surface area contributed by atoms with Gasteiger partial charge in [-0.25, -0.2) is 9.78 Å². The molecular formula is C11H12ClN3O3S. The molecule has 0 spiro atoms. The summed E-state index contributed by atoms with van der Waals surface area (Å²) in [4.78, 5) is 30.7. The van der Waals surface area contributed by atoms with Crippen LogP contribution in [0.2, 0.25) is 5.15 Å². The number of aromatic carboxylic acids is 1. The first kappa shape index (κ1) is 12.7. The number of piperazine rings is 1. The number of thiazole rings is 1. The smallest absolute Gasteiger partial charge is 0.349 e. The van der Waals surface area contributed by atoms with Gasteiger partial charge in [-0.05, 0) is 6.42 Å². The lowest BCUT2D eigenvalue weighted by atomic mass is 10.2. The Morgan fingerprint density at radius 3 is 2.95 bits per heavy atom. The monoisotopic (exact) mass is 301 g/mol. The third kappa shape index (κ3) is 2.17. The maximum absolute atomic E-state index is 11.6. The summed E-state index contributed by atoms with van der Waals surface area (Å²) >= 11 is 6.91. The molecule has 2 aliphatic rings. The van der Waals surface area contributed by atoms with E-state index in [0.29, 0.717) is 31.2 Å². The fraction of sp³-hybridized carbons (Fsp3) is 0.545. The summed E-state index contributed by atoms with van der Waals surface area (Å²) < 4.78 is 0. The lowest BCUT2D eigenvalue weighted by molar-refractivity contribution is -0.129. The Bertz CT molecular complexity index is 547. The number of anilines is 1. The minimum atomic E-state index is -1.05. The number of amides is 1. The number of nitrogens with zero attached hydrogens (tertiary/aromatic N) is 3. The second-order valence-electron chi connectivity index (χ2n) is 4.65. The molecule has 1 amide bonds. The summed E-state index contributed by atoms with van der Waals surface area (Å²) in [7, 11) is 0. The minimum Gasteiger partial charge on any atom is -0.477 e. The molecule has 3 heterocycles. The number of carboxylic acid groups (broad SMARTS) is 1. The van der Waals surface area contributed by atoms with E-state index in [1.54, 1.807) is 0 Å². The highest BCUT2D eigenvalue weighted by Gasteiger charge is 2.36. The SMILES string of the molecule is O=C(O)c1sc(N2CCN3C(=O)CCC3C2)nc1Cl. The van der Waals surface area contributed by atoms with Crippen molar-refractivity contribution in [1.29, 1.82) is 0 Å². The summed E-state index contributed by atoms with van der Waals surface area (Å²) in [6.07, 6.45) is 1.47. The second-order valence-corrected chi connectivity index (χ2v) is 5.98. The lowest BCUT2D eigenvalue weighted by Crippen LogP contribution is -2.51. The molecule has 8 heteroatoms. The van der Waals surface area contributed by atoms with Crippen LogP contribution in [0.25, 0.3) is 0 Å². The zero-order valence-corrected chi connectivity index (χ0v) is 11.6. The molecule has 1 N–H and O–H groups in total. The highest BCUT2D eigenvalue weighted by atomic mass is 35.5. The standard InChI is InChI=1S/C11H12ClN3O3S/c12-9-8(10(17)18)19-11(13-9)14-3-4-15-6(5-14)1-2-7(15)16/h6H,1-5H2,(H,17,18). The van der Waals surface area contributed by atoms with Crippen LogP contribution >= 0.6 is 22.9 Å². The number of aromatic nitrogens is 1. The highest BCUT2D eigenvalue weighted by molar-refractivity contribution is 7.18. The third-order valence-electron chi connectivity index (χ3n) is 3.53. The molecular weight excluding hydrogens is 290 g/mol. The average Bonchev–Trinajstić information content (AvgIpc) is 2.93. The minimum absolute atomic E-state index is 0.0393. The van der Waals surface area contributed by atoms with Crippen LogP contribution in [0.1, 0.15) is 22.5 Å². The van der Waals surface area contributed by atoms with Crippen LogP contribution in [0.3, 0.4) is 0 Å². The van der Waals surface area contributed by atoms with Gasteiger partial charge in [-0.2, -0.15) is 0 Å². The molecule has 1 aromatic heterocycles. The zero-order chi connectivity index (χ0) is 13.6. The Balaban J connectivity index is 1.79. The number of hydrogen-bond donors (Lipinski definition) is 1. The summed E-state index contributed by atoms with van der Waals surface area (Å²) in [6.45, 7) is 2.04. The molecule has 6 nitrogen and oxygen atoms in total. The van der Waals surface area contributed by atoms with E-state index < -0.39 is 5.97 Å². The van der Waals surface area contributed by atoms with Crippen LogP contribution in [-0.4, -0.2) is 52.5 Å². The molecule has 102 valence electrons. The third-order valence-corrected chi connectivity index (χ3v) is 5.02. The number of rotatable bonds is 2. The van der Waals surface area contributed by atoms with E-state index in [9.17, 15) is 9.59 Å². The van der Waals surface area contributed by atoms with Gasteiger partial charge in [0.25, 0.3) is 0 Å². The Kier molecular flexibility index (Phi) is 3.10. The maximum Gasteiger partial charge on any atom is 0.349 e. The molecule has 1 unspecified atom stereocenters. The number of halogens is 1. The van der Waals surface area contributed by atoms with Crippen molar-refractivity contribution in [3.05, 3.63) is 10.0 Å². The fourth-order valence-electron chi connectivity index (χ4n) is 2.60. The Labute approximate surface area is 118 Å². The van der Waals surface area contributed by atoms with Crippen LogP contribution in [0.4, 0.5) is 5.13 Å². The molecule has 1 aromatic rings. The van der Waals surface area contributed by atoms with Crippen molar-refractivity contribution in [2.75, 3.05) is 24.5 Å². The van der Waals surface area contributed by atoms with Crippen molar-refractivity contribution in [3.63, 3.8) is 0 Å². The van der Waals surface area contributed by atoms with Gasteiger partial charge in [0.1, 0.15) is 0 Å². The van der Waals surface area contributed by atoms with Crippen LogP contribution in [0.15, 0.2) is 0 Å². The molecule has 3 rings (SSSR count). The Morgan fingerprint density at radius 2 is 2.26 bits per heavy atom. The summed E-state index contributed by atoms with van der Waals surface area (Å²) in [6, 6.07) is 0.220. The first-order chi connectivity index (χ1) is 9.06. The van der Waals surface area contributed by atoms with Crippen LogP contribution < -0.4 is 4.90 Å². The summed E-state index contributed by atoms with van der Waals surface area (Å²) in [5.74, 6) is -0.837. The van der Waals surface area contributed by atoms with Gasteiger partial charge in [-0.15, -0.1) is 0 Å². The average molecular weight is 302 g/mol. The quantitative estimate of drug-likeness (QED) is 0.891. The van der Waals surface area contributed by atoms with Crippen molar-refractivity contribution in [2.45, 2.75) is 18.9 Å². The van der Waals surface area contributed by atoms with E-state index in [-0.39, 0.29) is 22.0 Å². The van der Waals surface area contributed by atoms with Crippen LogP contribution in [0, 0.1) is 0 Å². The van der Waals surface area contributed by atoms with E-state index in [2.05, 4.69) is 4.98 Å². The zero-order valence-electron chi connectivity index (χ0n) is 10.0. The van der Waals surface area contributed by atoms with Crippen molar-refractivity contribution in [1.82, 2.24) is 9.88 Å². The van der Waals surface area contributed by atoms with Gasteiger partial charge in [0.2, 0.25) is 5.91 Å². The summed E-state index contributed by atoms with van der Waals surface area (Å²) in [5, 5.41) is 9.64. The number of carbonyl (C=O) groups is 2. The predicted molar refractivity (Wildman–Crippen MR) is 71.0 cm³/mol. The molecule has 2 saturated heterocycles. The van der Waals surface area contributed by atoms with Gasteiger partial charge in [0.05, 0.1) is 0 Å². The van der Waals surface area contributed by atoms with E-state index in [0.717, 1.165) is 17.8 Å². The first-order valence-corrected chi connectivity index (χ1v) is 7.19. The number of carboxylic acids is 1. The number of carbonyl (C=O) groups excluding carboxylic acids is 1. The van der Waals surface area contributed by atoms with Crippen LogP contribution in [0.5, 0.6) is 0 Å². The summed E-state index contributed by atoms with van der Waals surface area (Å²) in [5.41, 5.74) is 0. The van der Waals surface area contributed by atoms with Crippen molar-refractivity contribution in [3.8, 4) is 0 Å². The van der Waals surface area contributed by atoms with E-state index in [1.807, 2.05) is 9.80 Å². The van der Waals surface area contributed by atoms with Gasteiger partial charge in [-0.1, -0.05) is 22.9 Å². The van der Waals surface area contributed by atoms with Gasteiger partial charge in [-0.3, -0.25) is 4.79 Å². The topological polar surface area (TPSA) is 73.7 Å². The molecule has 2 aliphatic heterocycles. The highest BCUT2D eigenvalue weighted by Crippen LogP contribution is 2.32. The number of hydrogen-bond acceptors (Lipinski definition) is 5. The molecule has 0 saturated carbocycles. The molecule has 2 fully saturated rings. The molecule has 1 atom stereocenters. The molecule has 19 heavy (non-hydrogen) atoms. The number of fused-ring (bicyclic) bond motifs is 1. The molecule has 0 aliphatic carbocycles. The Hall–Kier alpha value is -1.34. The molecule has 0 aromatic carbocycles. The van der Waals surface area contributed by atoms with Gasteiger partial charge in [0.15, 0.2) is 15.2 Å². The van der Waals surface area contributed by atoms with E-state index in [1.165, 1.54) is 0 Å². The van der Waals surface area contributed by atoms with Gasteiger partial charge >= 0.3 is 5.97 Å². The maximum atomic E-state index is 11.6. The fourth-order valence-corrected chi connectivity index (χ4v) is 3.75. The largest absolute Gasteiger partial charge is 0.477 e. The van der Waals surface area contributed by atoms with Crippen molar-refractivity contribution >= 4 is 39.9 Å². The van der Waals surface area contributed by atoms with Gasteiger partial charge < -0.3 is 14.9 Å². The first-order valence-electron chi connectivity index (χ1n) is 6.00. The van der Waals surface area contributed by atoms with Crippen LogP contribution in [-0.2, 0) is 4.79 Å². The van der Waals surface area contributed by atoms with Crippen molar-refractivity contribution in [2.24, 2.45) is 0 Å². The molecule has 0 radical (unpaired) electrons. The Morgan fingerprint density at radius 1 is 1.47 bits per heavy atom. The lowest BCUT2D eigenvalue weighted by Gasteiger charge is -2.37. The predicted octanol–water partition coefficient (Wildman–Crippen LogP) is 1.31. The van der Waals surface area contributed by atoms with Gasteiger partial charge in [0, 0.05) is 32.1 Å². The van der Waals surface area contributed by atoms with E-state index in [4.69, 9.17) is 16.7 Å². The second kappa shape index (κ2) is 4.64. The van der Waals surface area contributed by atoms with E-state index >= 15 is 0 Å². The normalized spacial score (nSPS) is 22.8. The molecule has 0 bridgehead atoms.